The molecule has 2 aliphatic heterocycles. The van der Waals surface area contributed by atoms with Crippen LogP contribution >= 0.6 is 0 Å². The van der Waals surface area contributed by atoms with Gasteiger partial charge in [-0.1, -0.05) is 18.7 Å². The smallest absolute Gasteiger partial charge is 0.354 e. The van der Waals surface area contributed by atoms with Crippen LogP contribution in [-0.4, -0.2) is 93.6 Å². The Bertz CT molecular complexity index is 1350. The molecule has 12 heteroatoms. The lowest BCUT2D eigenvalue weighted by atomic mass is 10.0. The molecular weight excluding hydrogens is 522 g/mol. The summed E-state index contributed by atoms with van der Waals surface area (Å²) in [6.45, 7) is 12.4. The Hall–Kier alpha value is -3.74. The number of aromatic nitrogens is 2. The Kier molecular flexibility index (Phi) is 7.91. The first-order valence-corrected chi connectivity index (χ1v) is 14.2. The number of piperidine rings is 1. The van der Waals surface area contributed by atoms with Gasteiger partial charge in [0.25, 0.3) is 0 Å². The Labute approximate surface area is 240 Å². The maximum atomic E-state index is 12.8. The summed E-state index contributed by atoms with van der Waals surface area (Å²) < 4.78 is 1.40. The molecule has 2 saturated heterocycles. The minimum atomic E-state index is -0.615. The van der Waals surface area contributed by atoms with Crippen molar-refractivity contribution >= 4 is 17.8 Å². The Morgan fingerprint density at radius 3 is 2.22 bits per heavy atom. The highest BCUT2D eigenvalue weighted by Gasteiger charge is 2.55. The lowest BCUT2D eigenvalue weighted by molar-refractivity contribution is -0.132. The zero-order chi connectivity index (χ0) is 29.5. The van der Waals surface area contributed by atoms with Gasteiger partial charge < -0.3 is 31.9 Å². The summed E-state index contributed by atoms with van der Waals surface area (Å²) in [4.78, 5) is 48.0. The van der Waals surface area contributed by atoms with E-state index in [0.29, 0.717) is 62.6 Å². The zero-order valence-corrected chi connectivity index (χ0v) is 23.8. The second kappa shape index (κ2) is 11.3. The van der Waals surface area contributed by atoms with Crippen LogP contribution in [0.2, 0.25) is 0 Å². The number of rotatable bonds is 8. The molecule has 0 bridgehead atoms. The van der Waals surface area contributed by atoms with Crippen LogP contribution in [0.25, 0.3) is 5.69 Å². The normalized spacial score (nSPS) is 22.8. The average Bonchev–Trinajstić information content (AvgIpc) is 3.42. The fourth-order valence-corrected chi connectivity index (χ4v) is 5.99. The van der Waals surface area contributed by atoms with E-state index in [9.17, 15) is 14.4 Å². The van der Waals surface area contributed by atoms with E-state index in [1.54, 1.807) is 29.3 Å². The van der Waals surface area contributed by atoms with Gasteiger partial charge in [0, 0.05) is 56.7 Å². The summed E-state index contributed by atoms with van der Waals surface area (Å²) >= 11 is 0. The Morgan fingerprint density at radius 1 is 1.05 bits per heavy atom. The van der Waals surface area contributed by atoms with Gasteiger partial charge in [-0.2, -0.15) is 4.98 Å². The molecule has 4 atom stereocenters. The highest BCUT2D eigenvalue weighted by Crippen LogP contribution is 2.50. The molecule has 3 amide bonds. The highest BCUT2D eigenvalue weighted by atomic mass is 16.2. The first kappa shape index (κ1) is 28.8. The maximum absolute atomic E-state index is 12.8. The monoisotopic (exact) mass is 563 g/mol. The second-order valence-corrected chi connectivity index (χ2v) is 12.0. The number of nitrogens with one attached hydrogen (secondary N) is 1. The van der Waals surface area contributed by atoms with Crippen molar-refractivity contribution in [2.24, 2.45) is 35.0 Å². The molecule has 1 aromatic heterocycles. The number of nitrogens with two attached hydrogens (primary N) is 3. The molecule has 1 aromatic carbocycles. The summed E-state index contributed by atoms with van der Waals surface area (Å²) in [5, 5.41) is 2.72. The number of urea groups is 1. The molecule has 2 aromatic rings. The number of benzene rings is 1. The first-order valence-electron chi connectivity index (χ1n) is 14.2. The van der Waals surface area contributed by atoms with E-state index in [1.165, 1.54) is 4.57 Å². The van der Waals surface area contributed by atoms with E-state index in [2.05, 4.69) is 21.8 Å². The minimum Gasteiger partial charge on any atom is -0.370 e. The van der Waals surface area contributed by atoms with Crippen molar-refractivity contribution in [1.29, 1.82) is 0 Å². The van der Waals surface area contributed by atoms with Crippen molar-refractivity contribution in [3.05, 3.63) is 64.9 Å². The van der Waals surface area contributed by atoms with Gasteiger partial charge in [-0.25, -0.2) is 9.59 Å². The number of fused-ring (bicyclic) bond motifs is 1. The standard InChI is InChI=1S/C29H41N9O3/c1-18(29(2,3)32)35-10-12-36(13-11-35)27(40)33-25-8-9-38(28(41)34-25)20-6-4-19(5-7-20)14-24(31)26(39)37-16-22-21(15-30)23(22)17-37/h4-9,21-24H,1,10-17,30-32H2,2-3H3,(H,33,34,40,41)/t21?,22-,23?,24-/m0/s1. The van der Waals surface area contributed by atoms with Gasteiger partial charge in [0.05, 0.1) is 11.7 Å². The van der Waals surface area contributed by atoms with Gasteiger partial charge in [0.15, 0.2) is 0 Å². The third-order valence-electron chi connectivity index (χ3n) is 8.67. The van der Waals surface area contributed by atoms with E-state index >= 15 is 0 Å². The quantitative estimate of drug-likeness (QED) is 0.352. The molecule has 220 valence electrons. The van der Waals surface area contributed by atoms with E-state index in [1.807, 2.05) is 30.9 Å². The predicted octanol–water partition coefficient (Wildman–Crippen LogP) is 0.166. The molecule has 41 heavy (non-hydrogen) atoms. The van der Waals surface area contributed by atoms with E-state index in [4.69, 9.17) is 17.2 Å². The minimum absolute atomic E-state index is 0.0260. The second-order valence-electron chi connectivity index (χ2n) is 12.0. The van der Waals surface area contributed by atoms with E-state index in [-0.39, 0.29) is 17.8 Å². The summed E-state index contributed by atoms with van der Waals surface area (Å²) in [5.41, 5.74) is 19.5. The van der Waals surface area contributed by atoms with Crippen LogP contribution in [0.15, 0.2) is 53.6 Å². The molecule has 0 radical (unpaired) electrons. The molecule has 3 fully saturated rings. The third kappa shape index (κ3) is 6.14. The van der Waals surface area contributed by atoms with Crippen molar-refractivity contribution in [1.82, 2.24) is 24.3 Å². The lowest BCUT2D eigenvalue weighted by Crippen LogP contribution is -2.53. The van der Waals surface area contributed by atoms with Gasteiger partial charge in [0.1, 0.15) is 5.82 Å². The molecular formula is C29H41N9O3. The Balaban J connectivity index is 1.13. The van der Waals surface area contributed by atoms with E-state index < -0.39 is 17.3 Å². The zero-order valence-electron chi connectivity index (χ0n) is 23.8. The van der Waals surface area contributed by atoms with Crippen LogP contribution < -0.4 is 28.2 Å². The van der Waals surface area contributed by atoms with Crippen molar-refractivity contribution in [3.63, 3.8) is 0 Å². The summed E-state index contributed by atoms with van der Waals surface area (Å²) in [6, 6.07) is 7.96. The topological polar surface area (TPSA) is 169 Å². The van der Waals surface area contributed by atoms with Crippen LogP contribution in [0.5, 0.6) is 0 Å². The SMILES string of the molecule is C=C(N1CCN(C(=O)Nc2ccn(-c3ccc(C[C@H](N)C(=O)N4CC5C(CN)[C@@H]5C4)cc3)c(=O)n2)CC1)C(C)(C)N. The van der Waals surface area contributed by atoms with Crippen LogP contribution in [0.3, 0.4) is 0 Å². The average molecular weight is 564 g/mol. The van der Waals surface area contributed by atoms with Crippen LogP contribution in [0, 0.1) is 17.8 Å². The number of anilines is 1. The van der Waals surface area contributed by atoms with Gasteiger partial charge in [-0.15, -0.1) is 0 Å². The van der Waals surface area contributed by atoms with Crippen LogP contribution in [0.4, 0.5) is 10.6 Å². The van der Waals surface area contributed by atoms with Crippen molar-refractivity contribution in [2.45, 2.75) is 31.8 Å². The summed E-state index contributed by atoms with van der Waals surface area (Å²) in [6.07, 6.45) is 1.99. The fraction of sp³-hybridized carbons (Fsp3) is 0.517. The molecule has 12 nitrogen and oxygen atoms in total. The molecule has 1 saturated carbocycles. The molecule has 7 N–H and O–H groups in total. The Morgan fingerprint density at radius 2 is 1.66 bits per heavy atom. The molecule has 5 rings (SSSR count). The summed E-state index contributed by atoms with van der Waals surface area (Å²) in [5.74, 6) is 1.79. The van der Waals surface area contributed by atoms with Crippen molar-refractivity contribution in [3.8, 4) is 5.69 Å². The van der Waals surface area contributed by atoms with Crippen molar-refractivity contribution in [2.75, 3.05) is 51.1 Å². The number of amides is 3. The number of hydrogen-bond donors (Lipinski definition) is 4. The molecule has 3 aliphatic rings. The largest absolute Gasteiger partial charge is 0.370 e. The van der Waals surface area contributed by atoms with Crippen LogP contribution in [0.1, 0.15) is 19.4 Å². The van der Waals surface area contributed by atoms with Gasteiger partial charge in [-0.05, 0) is 68.3 Å². The van der Waals surface area contributed by atoms with Gasteiger partial charge >= 0.3 is 11.7 Å². The number of piperazine rings is 1. The maximum Gasteiger partial charge on any atom is 0.354 e. The van der Waals surface area contributed by atoms with Crippen LogP contribution in [-0.2, 0) is 11.2 Å². The molecule has 3 heterocycles. The summed E-state index contributed by atoms with van der Waals surface area (Å²) in [7, 11) is 0. The molecule has 0 spiro atoms. The number of carbonyl (C=O) groups is 2. The molecule has 2 unspecified atom stereocenters. The fourth-order valence-electron chi connectivity index (χ4n) is 5.99. The number of hydrogen-bond acceptors (Lipinski definition) is 8. The van der Waals surface area contributed by atoms with Gasteiger partial charge in [-0.3, -0.25) is 14.7 Å². The predicted molar refractivity (Wildman–Crippen MR) is 157 cm³/mol. The highest BCUT2D eigenvalue weighted by molar-refractivity contribution is 5.88. The first-order chi connectivity index (χ1) is 19.5. The number of likely N-dealkylation sites (tertiary alicyclic amines) is 1. The van der Waals surface area contributed by atoms with E-state index in [0.717, 1.165) is 24.4 Å². The third-order valence-corrected chi connectivity index (χ3v) is 8.67. The lowest BCUT2D eigenvalue weighted by Gasteiger charge is -2.40. The number of nitrogens with zero attached hydrogens (tertiary/aromatic N) is 5. The number of carbonyl (C=O) groups excluding carboxylic acids is 2. The van der Waals surface area contributed by atoms with Gasteiger partial charge in [0.2, 0.25) is 5.91 Å². The van der Waals surface area contributed by atoms with Crippen molar-refractivity contribution < 1.29 is 9.59 Å². The molecule has 1 aliphatic carbocycles.